The maximum absolute atomic E-state index is 13.1. The summed E-state index contributed by atoms with van der Waals surface area (Å²) in [4.78, 5) is 31.3. The van der Waals surface area contributed by atoms with Gasteiger partial charge in [-0.25, -0.2) is 9.37 Å². The second-order valence-corrected chi connectivity index (χ2v) is 8.37. The van der Waals surface area contributed by atoms with E-state index in [1.54, 1.807) is 23.2 Å². The molecular formula is C27H28FN3O4. The lowest BCUT2D eigenvalue weighted by Crippen LogP contribution is -2.45. The van der Waals surface area contributed by atoms with E-state index in [9.17, 15) is 14.0 Å². The Morgan fingerprint density at radius 1 is 1.06 bits per heavy atom. The first-order valence-electron chi connectivity index (χ1n) is 11.7. The van der Waals surface area contributed by atoms with Gasteiger partial charge in [0, 0.05) is 31.9 Å². The molecule has 1 unspecified atom stereocenters. The fourth-order valence-corrected chi connectivity index (χ4v) is 3.92. The average Bonchev–Trinajstić information content (AvgIpc) is 2.89. The summed E-state index contributed by atoms with van der Waals surface area (Å²) < 4.78 is 24.3. The van der Waals surface area contributed by atoms with E-state index in [1.165, 1.54) is 24.3 Å². The molecule has 2 aromatic carbocycles. The number of para-hydroxylation sites is 1. The fourth-order valence-electron chi connectivity index (χ4n) is 3.92. The molecule has 1 aliphatic rings. The molecule has 1 N–H and O–H groups in total. The first kappa shape index (κ1) is 24.2. The van der Waals surface area contributed by atoms with Crippen LogP contribution in [0.25, 0.3) is 0 Å². The maximum atomic E-state index is 13.1. The number of hydrogen-bond acceptors (Lipinski definition) is 5. The molecule has 7 nitrogen and oxygen atoms in total. The van der Waals surface area contributed by atoms with Crippen molar-refractivity contribution in [2.45, 2.75) is 25.8 Å². The van der Waals surface area contributed by atoms with Crippen LogP contribution in [0.15, 0.2) is 72.9 Å². The van der Waals surface area contributed by atoms with Gasteiger partial charge in [0.05, 0.1) is 18.9 Å². The van der Waals surface area contributed by atoms with Crippen LogP contribution in [0.5, 0.6) is 17.4 Å². The van der Waals surface area contributed by atoms with Gasteiger partial charge in [0.2, 0.25) is 17.7 Å². The summed E-state index contributed by atoms with van der Waals surface area (Å²) in [5.41, 5.74) is 0.826. The van der Waals surface area contributed by atoms with Crippen molar-refractivity contribution in [3.8, 4) is 17.4 Å². The molecule has 1 aliphatic heterocycles. The first-order chi connectivity index (χ1) is 17.1. The number of nitrogens with one attached hydrogen (secondary N) is 1. The lowest BCUT2D eigenvalue weighted by molar-refractivity contribution is -0.136. The number of nitrogens with zero attached hydrogens (tertiary/aromatic N) is 2. The summed E-state index contributed by atoms with van der Waals surface area (Å²) >= 11 is 0. The van der Waals surface area contributed by atoms with E-state index < -0.39 is 0 Å². The van der Waals surface area contributed by atoms with E-state index in [0.717, 1.165) is 24.2 Å². The highest BCUT2D eigenvalue weighted by molar-refractivity contribution is 5.81. The van der Waals surface area contributed by atoms with Crippen molar-refractivity contribution in [3.05, 3.63) is 84.3 Å². The van der Waals surface area contributed by atoms with Crippen molar-refractivity contribution >= 4 is 11.8 Å². The highest BCUT2D eigenvalue weighted by Crippen LogP contribution is 2.21. The molecule has 2 heterocycles. The van der Waals surface area contributed by atoms with Gasteiger partial charge in [0.25, 0.3) is 0 Å². The minimum Gasteiger partial charge on any atom is -0.493 e. The molecule has 1 aromatic heterocycles. The van der Waals surface area contributed by atoms with Crippen molar-refractivity contribution in [2.24, 2.45) is 5.92 Å². The molecule has 0 bridgehead atoms. The van der Waals surface area contributed by atoms with Crippen molar-refractivity contribution in [1.82, 2.24) is 15.2 Å². The van der Waals surface area contributed by atoms with Gasteiger partial charge in [-0.3, -0.25) is 9.59 Å². The number of ether oxygens (including phenoxy) is 2. The lowest BCUT2D eigenvalue weighted by Gasteiger charge is -2.32. The number of amides is 2. The number of aromatic nitrogens is 1. The number of hydrogen-bond donors (Lipinski definition) is 1. The molecule has 8 heteroatoms. The second-order valence-electron chi connectivity index (χ2n) is 8.37. The lowest BCUT2D eigenvalue weighted by atomic mass is 9.96. The minimum absolute atomic E-state index is 0.00449. The second kappa shape index (κ2) is 12.0. The van der Waals surface area contributed by atoms with E-state index >= 15 is 0 Å². The maximum Gasteiger partial charge on any atom is 0.226 e. The Hall–Kier alpha value is -3.94. The zero-order valence-corrected chi connectivity index (χ0v) is 19.4. The van der Waals surface area contributed by atoms with E-state index in [-0.39, 0.29) is 30.0 Å². The molecule has 1 atom stereocenters. The van der Waals surface area contributed by atoms with Crippen LogP contribution in [0, 0.1) is 11.7 Å². The normalized spacial score (nSPS) is 15.3. The van der Waals surface area contributed by atoms with Crippen molar-refractivity contribution in [1.29, 1.82) is 0 Å². The molecule has 182 valence electrons. The number of halogens is 1. The molecule has 0 spiro atoms. The number of likely N-dealkylation sites (tertiary alicyclic amines) is 1. The summed E-state index contributed by atoms with van der Waals surface area (Å²) in [6.07, 6.45) is 3.40. The van der Waals surface area contributed by atoms with Crippen LogP contribution in [-0.4, -0.2) is 41.4 Å². The Kier molecular flexibility index (Phi) is 8.27. The van der Waals surface area contributed by atoms with Crippen LogP contribution in [0.2, 0.25) is 0 Å². The van der Waals surface area contributed by atoms with Gasteiger partial charge in [-0.2, -0.15) is 0 Å². The predicted octanol–water partition coefficient (Wildman–Crippen LogP) is 4.34. The number of carbonyl (C=O) groups is 2. The molecule has 0 aliphatic carbocycles. The molecule has 2 amide bonds. The number of carbonyl (C=O) groups excluding carboxylic acids is 2. The van der Waals surface area contributed by atoms with Crippen LogP contribution in [-0.2, 0) is 16.1 Å². The topological polar surface area (TPSA) is 80.8 Å². The molecular weight excluding hydrogens is 449 g/mol. The minimum atomic E-state index is -0.342. The third kappa shape index (κ3) is 7.27. The molecule has 1 fully saturated rings. The van der Waals surface area contributed by atoms with Gasteiger partial charge in [-0.15, -0.1) is 0 Å². The molecule has 4 rings (SSSR count). The highest BCUT2D eigenvalue weighted by atomic mass is 19.1. The van der Waals surface area contributed by atoms with Gasteiger partial charge >= 0.3 is 0 Å². The monoisotopic (exact) mass is 477 g/mol. The number of pyridine rings is 1. The summed E-state index contributed by atoms with van der Waals surface area (Å²) in [6.45, 7) is 1.69. The Morgan fingerprint density at radius 3 is 2.66 bits per heavy atom. The SMILES string of the molecule is O=C(NCc1ccnc(Oc2ccc(F)cc2)c1)C1CCCN(C(=O)CCOc2ccccc2)C1. The third-order valence-corrected chi connectivity index (χ3v) is 5.77. The van der Waals surface area contributed by atoms with Crippen LogP contribution < -0.4 is 14.8 Å². The van der Waals surface area contributed by atoms with E-state index in [1.807, 2.05) is 30.3 Å². The van der Waals surface area contributed by atoms with Gasteiger partial charge in [-0.1, -0.05) is 18.2 Å². The number of piperidine rings is 1. The third-order valence-electron chi connectivity index (χ3n) is 5.77. The van der Waals surface area contributed by atoms with Gasteiger partial charge in [-0.05, 0) is 60.9 Å². The Labute approximate surface area is 203 Å². The summed E-state index contributed by atoms with van der Waals surface area (Å²) in [5, 5.41) is 2.96. The van der Waals surface area contributed by atoms with Crippen molar-refractivity contribution in [2.75, 3.05) is 19.7 Å². The van der Waals surface area contributed by atoms with Crippen molar-refractivity contribution in [3.63, 3.8) is 0 Å². The summed E-state index contributed by atoms with van der Waals surface area (Å²) in [6, 6.07) is 18.6. The van der Waals surface area contributed by atoms with Gasteiger partial charge < -0.3 is 19.7 Å². The Balaban J connectivity index is 1.23. The average molecular weight is 478 g/mol. The van der Waals surface area contributed by atoms with Crippen molar-refractivity contribution < 1.29 is 23.5 Å². The van der Waals surface area contributed by atoms with Crippen LogP contribution in [0.1, 0.15) is 24.8 Å². The molecule has 3 aromatic rings. The molecule has 1 saturated heterocycles. The van der Waals surface area contributed by atoms with E-state index in [4.69, 9.17) is 9.47 Å². The molecule has 0 radical (unpaired) electrons. The highest BCUT2D eigenvalue weighted by Gasteiger charge is 2.28. The smallest absolute Gasteiger partial charge is 0.226 e. The standard InChI is InChI=1S/C27H28FN3O4/c28-22-8-10-24(11-9-22)35-25-17-20(12-14-29-25)18-30-27(33)21-5-4-15-31(19-21)26(32)13-16-34-23-6-2-1-3-7-23/h1-3,6-12,14,17,21H,4-5,13,15-16,18-19H2,(H,30,33). The molecule has 35 heavy (non-hydrogen) atoms. The largest absolute Gasteiger partial charge is 0.493 e. The predicted molar refractivity (Wildman–Crippen MR) is 128 cm³/mol. The number of benzene rings is 2. The van der Waals surface area contributed by atoms with Crippen LogP contribution in [0.3, 0.4) is 0 Å². The van der Waals surface area contributed by atoms with Gasteiger partial charge in [0.15, 0.2) is 0 Å². The van der Waals surface area contributed by atoms with E-state index in [0.29, 0.717) is 37.9 Å². The number of rotatable bonds is 9. The van der Waals surface area contributed by atoms with Gasteiger partial charge in [0.1, 0.15) is 17.3 Å². The van der Waals surface area contributed by atoms with Crippen LogP contribution >= 0.6 is 0 Å². The fraction of sp³-hybridized carbons (Fsp3) is 0.296. The molecule has 0 saturated carbocycles. The van der Waals surface area contributed by atoms with E-state index in [2.05, 4.69) is 10.3 Å². The summed E-state index contributed by atoms with van der Waals surface area (Å²) in [5.74, 6) is 0.885. The first-order valence-corrected chi connectivity index (χ1v) is 11.7. The zero-order valence-electron chi connectivity index (χ0n) is 19.4. The quantitative estimate of drug-likeness (QED) is 0.496. The Morgan fingerprint density at radius 2 is 1.86 bits per heavy atom. The Bertz CT molecular complexity index is 1120. The van der Waals surface area contributed by atoms with Crippen LogP contribution in [0.4, 0.5) is 4.39 Å². The summed E-state index contributed by atoms with van der Waals surface area (Å²) in [7, 11) is 0. The zero-order chi connectivity index (χ0) is 24.5.